The van der Waals surface area contributed by atoms with Gasteiger partial charge < -0.3 is 10.5 Å². The first-order valence-electron chi connectivity index (χ1n) is 4.66. The molecule has 0 spiro atoms. The van der Waals surface area contributed by atoms with E-state index in [4.69, 9.17) is 22.1 Å². The summed E-state index contributed by atoms with van der Waals surface area (Å²) in [4.78, 5) is 7.84. The summed E-state index contributed by atoms with van der Waals surface area (Å²) in [6.07, 6.45) is 2.93. The number of rotatable bonds is 2. The van der Waals surface area contributed by atoms with Gasteiger partial charge in [0.2, 0.25) is 5.88 Å². The van der Waals surface area contributed by atoms with Crippen molar-refractivity contribution in [1.82, 2.24) is 9.97 Å². The van der Waals surface area contributed by atoms with Gasteiger partial charge in [-0.05, 0) is 24.6 Å². The molecule has 1 aromatic carbocycles. The van der Waals surface area contributed by atoms with Gasteiger partial charge in [0.05, 0.1) is 17.4 Å². The van der Waals surface area contributed by atoms with Crippen LogP contribution in [0.3, 0.4) is 0 Å². The predicted molar refractivity (Wildman–Crippen MR) is 62.7 cm³/mol. The molecule has 0 aliphatic carbocycles. The van der Waals surface area contributed by atoms with Gasteiger partial charge in [0, 0.05) is 0 Å². The Balaban J connectivity index is 2.27. The first-order valence-corrected chi connectivity index (χ1v) is 5.04. The molecule has 0 amide bonds. The van der Waals surface area contributed by atoms with Gasteiger partial charge in [-0.25, -0.2) is 0 Å². The quantitative estimate of drug-likeness (QED) is 0.870. The van der Waals surface area contributed by atoms with E-state index in [0.29, 0.717) is 22.5 Å². The number of hydrogen-bond acceptors (Lipinski definition) is 4. The minimum absolute atomic E-state index is 0.306. The van der Waals surface area contributed by atoms with Crippen molar-refractivity contribution in [2.24, 2.45) is 0 Å². The van der Waals surface area contributed by atoms with E-state index in [-0.39, 0.29) is 0 Å². The molecular formula is C11H10ClN3O. The Hall–Kier alpha value is -1.81. The van der Waals surface area contributed by atoms with E-state index in [9.17, 15) is 0 Å². The fourth-order valence-corrected chi connectivity index (χ4v) is 1.49. The molecule has 1 aromatic heterocycles. The normalized spacial score (nSPS) is 10.1. The van der Waals surface area contributed by atoms with Crippen molar-refractivity contribution < 1.29 is 4.74 Å². The summed E-state index contributed by atoms with van der Waals surface area (Å²) in [6.45, 7) is 1.95. The minimum atomic E-state index is 0.306. The van der Waals surface area contributed by atoms with Crippen LogP contribution in [-0.2, 0) is 0 Å². The zero-order valence-electron chi connectivity index (χ0n) is 8.64. The fourth-order valence-electron chi connectivity index (χ4n) is 1.21. The zero-order chi connectivity index (χ0) is 11.5. The molecule has 0 atom stereocenters. The second-order valence-electron chi connectivity index (χ2n) is 3.32. The average Bonchev–Trinajstić information content (AvgIpc) is 2.22. The van der Waals surface area contributed by atoms with Gasteiger partial charge in [0.25, 0.3) is 0 Å². The molecule has 0 saturated heterocycles. The number of nitrogens with zero attached hydrogens (tertiary/aromatic N) is 2. The lowest BCUT2D eigenvalue weighted by atomic mass is 10.2. The maximum absolute atomic E-state index is 6.01. The number of benzene rings is 1. The number of aryl methyl sites for hydroxylation is 1. The molecular weight excluding hydrogens is 226 g/mol. The fraction of sp³-hybridized carbons (Fsp3) is 0.0909. The Morgan fingerprint density at radius 1 is 1.31 bits per heavy atom. The molecule has 2 N–H and O–H groups in total. The molecule has 16 heavy (non-hydrogen) atoms. The van der Waals surface area contributed by atoms with Crippen molar-refractivity contribution in [3.63, 3.8) is 0 Å². The van der Waals surface area contributed by atoms with E-state index in [1.54, 1.807) is 6.07 Å². The standard InChI is InChI=1S/C11H10ClN3O/c1-7-2-3-9(8(12)4-7)16-11-6-14-5-10(13)15-11/h2-6H,1H3,(H2,13,15). The van der Waals surface area contributed by atoms with Gasteiger partial charge in [-0.1, -0.05) is 17.7 Å². The topological polar surface area (TPSA) is 61.0 Å². The summed E-state index contributed by atoms with van der Waals surface area (Å²) in [5.74, 6) is 1.17. The van der Waals surface area contributed by atoms with Gasteiger partial charge in [-0.15, -0.1) is 0 Å². The summed E-state index contributed by atoms with van der Waals surface area (Å²) < 4.78 is 5.46. The molecule has 0 unspecified atom stereocenters. The van der Waals surface area contributed by atoms with Crippen molar-refractivity contribution in [1.29, 1.82) is 0 Å². The number of anilines is 1. The van der Waals surface area contributed by atoms with Crippen LogP contribution in [0.5, 0.6) is 11.6 Å². The molecule has 2 rings (SSSR count). The SMILES string of the molecule is Cc1ccc(Oc2cncc(N)n2)c(Cl)c1. The first-order chi connectivity index (χ1) is 7.65. The van der Waals surface area contributed by atoms with Crippen LogP contribution in [0.25, 0.3) is 0 Å². The van der Waals surface area contributed by atoms with Crippen molar-refractivity contribution >= 4 is 17.4 Å². The smallest absolute Gasteiger partial charge is 0.239 e. The molecule has 0 aliphatic heterocycles. The Bertz CT molecular complexity index is 516. The molecule has 0 aliphatic rings. The van der Waals surface area contributed by atoms with Crippen LogP contribution in [-0.4, -0.2) is 9.97 Å². The van der Waals surface area contributed by atoms with E-state index in [0.717, 1.165) is 5.56 Å². The van der Waals surface area contributed by atoms with Crippen LogP contribution in [0.1, 0.15) is 5.56 Å². The lowest BCUT2D eigenvalue weighted by Gasteiger charge is -2.06. The van der Waals surface area contributed by atoms with Crippen LogP contribution >= 0.6 is 11.6 Å². The number of hydrogen-bond donors (Lipinski definition) is 1. The third kappa shape index (κ3) is 2.41. The van der Waals surface area contributed by atoms with Crippen molar-refractivity contribution in [2.75, 3.05) is 5.73 Å². The lowest BCUT2D eigenvalue weighted by molar-refractivity contribution is 0.461. The first kappa shape index (κ1) is 10.7. The average molecular weight is 236 g/mol. The summed E-state index contributed by atoms with van der Waals surface area (Å²) in [5.41, 5.74) is 6.55. The Kier molecular flexibility index (Phi) is 2.92. The number of halogens is 1. The molecule has 0 saturated carbocycles. The zero-order valence-corrected chi connectivity index (χ0v) is 9.40. The van der Waals surface area contributed by atoms with Gasteiger partial charge in [0.15, 0.2) is 0 Å². The largest absolute Gasteiger partial charge is 0.436 e. The van der Waals surface area contributed by atoms with E-state index in [2.05, 4.69) is 9.97 Å². The van der Waals surface area contributed by atoms with Crippen LogP contribution in [0, 0.1) is 6.92 Å². The van der Waals surface area contributed by atoms with Crippen LogP contribution in [0.2, 0.25) is 5.02 Å². The summed E-state index contributed by atoms with van der Waals surface area (Å²) in [6, 6.07) is 5.50. The Morgan fingerprint density at radius 2 is 2.12 bits per heavy atom. The predicted octanol–water partition coefficient (Wildman–Crippen LogP) is 2.81. The van der Waals surface area contributed by atoms with Gasteiger partial charge in [0.1, 0.15) is 11.6 Å². The maximum atomic E-state index is 6.01. The van der Waals surface area contributed by atoms with Crippen LogP contribution in [0.4, 0.5) is 5.82 Å². The minimum Gasteiger partial charge on any atom is -0.436 e. The third-order valence-corrected chi connectivity index (χ3v) is 2.23. The Morgan fingerprint density at radius 3 is 2.81 bits per heavy atom. The van der Waals surface area contributed by atoms with Crippen LogP contribution in [0.15, 0.2) is 30.6 Å². The summed E-state index contributed by atoms with van der Waals surface area (Å²) in [7, 11) is 0. The van der Waals surface area contributed by atoms with Crippen LogP contribution < -0.4 is 10.5 Å². The Labute approximate surface area is 98.0 Å². The molecule has 82 valence electrons. The number of nitrogens with two attached hydrogens (primary N) is 1. The van der Waals surface area contributed by atoms with Gasteiger partial charge >= 0.3 is 0 Å². The number of aromatic nitrogens is 2. The molecule has 5 heteroatoms. The second-order valence-corrected chi connectivity index (χ2v) is 3.73. The third-order valence-electron chi connectivity index (χ3n) is 1.93. The molecule has 0 bridgehead atoms. The molecule has 0 radical (unpaired) electrons. The number of nitrogen functional groups attached to an aromatic ring is 1. The second kappa shape index (κ2) is 4.37. The highest BCUT2D eigenvalue weighted by molar-refractivity contribution is 6.32. The highest BCUT2D eigenvalue weighted by Crippen LogP contribution is 2.28. The molecule has 0 fully saturated rings. The molecule has 2 aromatic rings. The highest BCUT2D eigenvalue weighted by atomic mass is 35.5. The van der Waals surface area contributed by atoms with E-state index in [1.165, 1.54) is 12.4 Å². The molecule has 1 heterocycles. The van der Waals surface area contributed by atoms with E-state index in [1.807, 2.05) is 19.1 Å². The summed E-state index contributed by atoms with van der Waals surface area (Å²) >= 11 is 6.01. The molecule has 4 nitrogen and oxygen atoms in total. The lowest BCUT2D eigenvalue weighted by Crippen LogP contribution is -1.95. The maximum Gasteiger partial charge on any atom is 0.239 e. The van der Waals surface area contributed by atoms with Crippen molar-refractivity contribution in [3.05, 3.63) is 41.2 Å². The van der Waals surface area contributed by atoms with Crippen molar-refractivity contribution in [2.45, 2.75) is 6.92 Å². The van der Waals surface area contributed by atoms with Gasteiger partial charge in [-0.3, -0.25) is 4.98 Å². The number of ether oxygens (including phenoxy) is 1. The van der Waals surface area contributed by atoms with E-state index >= 15 is 0 Å². The monoisotopic (exact) mass is 235 g/mol. The highest BCUT2D eigenvalue weighted by Gasteiger charge is 2.04. The van der Waals surface area contributed by atoms with Crippen molar-refractivity contribution in [3.8, 4) is 11.6 Å². The van der Waals surface area contributed by atoms with Gasteiger partial charge in [-0.2, -0.15) is 4.98 Å². The summed E-state index contributed by atoms with van der Waals surface area (Å²) in [5, 5.41) is 0.532. The van der Waals surface area contributed by atoms with E-state index < -0.39 is 0 Å².